The summed E-state index contributed by atoms with van der Waals surface area (Å²) in [5.74, 6) is -0.617. The summed E-state index contributed by atoms with van der Waals surface area (Å²) in [6.07, 6.45) is 0.0434. The third-order valence-electron chi connectivity index (χ3n) is 4.77. The third-order valence-corrected chi connectivity index (χ3v) is 4.77. The number of hydrogen-bond donors (Lipinski definition) is 1. The molecule has 1 heterocycles. The van der Waals surface area contributed by atoms with Crippen molar-refractivity contribution in [1.29, 1.82) is 0 Å². The maximum absolute atomic E-state index is 13.1. The Morgan fingerprint density at radius 2 is 1.68 bits per heavy atom. The number of rotatable bonds is 7. The Morgan fingerprint density at radius 3 is 2.32 bits per heavy atom. The first-order chi connectivity index (χ1) is 13.4. The van der Waals surface area contributed by atoms with E-state index in [0.29, 0.717) is 17.9 Å². The smallest absolute Gasteiger partial charge is 0.278 e. The summed E-state index contributed by atoms with van der Waals surface area (Å²) in [4.78, 5) is 27.5. The number of benzene rings is 2. The molecule has 1 aliphatic heterocycles. The Hall–Kier alpha value is -2.92. The minimum absolute atomic E-state index is 0.0434. The van der Waals surface area contributed by atoms with Crippen molar-refractivity contribution < 1.29 is 14.3 Å². The lowest BCUT2D eigenvalue weighted by Crippen LogP contribution is -2.35. The predicted octanol–water partition coefficient (Wildman–Crippen LogP) is 3.92. The van der Waals surface area contributed by atoms with Gasteiger partial charge in [-0.25, -0.2) is 0 Å². The fourth-order valence-electron chi connectivity index (χ4n) is 3.11. The summed E-state index contributed by atoms with van der Waals surface area (Å²) < 4.78 is 5.54. The first-order valence-corrected chi connectivity index (χ1v) is 9.50. The summed E-state index contributed by atoms with van der Waals surface area (Å²) in [5.41, 5.74) is 4.43. The van der Waals surface area contributed by atoms with Crippen molar-refractivity contribution in [2.45, 2.75) is 33.8 Å². The standard InChI is InChI=1S/C23H26N2O3/c1-15(2)28-13-12-25-22(26)20(18-11-10-16(3)17(4)14-18)21(23(25)27)24-19-8-6-5-7-9-19/h5-11,14-15,24H,12-13H2,1-4H3. The molecule has 28 heavy (non-hydrogen) atoms. The topological polar surface area (TPSA) is 58.6 Å². The molecule has 5 nitrogen and oxygen atoms in total. The van der Waals surface area contributed by atoms with Gasteiger partial charge < -0.3 is 10.1 Å². The second-order valence-electron chi connectivity index (χ2n) is 7.22. The van der Waals surface area contributed by atoms with E-state index in [2.05, 4.69) is 5.32 Å². The van der Waals surface area contributed by atoms with Crippen molar-refractivity contribution in [1.82, 2.24) is 4.90 Å². The van der Waals surface area contributed by atoms with E-state index in [1.54, 1.807) is 0 Å². The molecule has 0 bridgehead atoms. The maximum atomic E-state index is 13.1. The minimum atomic E-state index is -0.325. The summed E-state index contributed by atoms with van der Waals surface area (Å²) >= 11 is 0. The fraction of sp³-hybridized carbons (Fsp3) is 0.304. The Balaban J connectivity index is 1.98. The highest BCUT2D eigenvalue weighted by Crippen LogP contribution is 2.31. The zero-order valence-corrected chi connectivity index (χ0v) is 16.8. The molecule has 2 amide bonds. The number of para-hydroxylation sites is 1. The highest BCUT2D eigenvalue weighted by molar-refractivity contribution is 6.36. The van der Waals surface area contributed by atoms with Crippen LogP contribution in [0.15, 0.2) is 54.2 Å². The van der Waals surface area contributed by atoms with Crippen molar-refractivity contribution in [3.05, 3.63) is 70.9 Å². The second kappa shape index (κ2) is 8.40. The van der Waals surface area contributed by atoms with Gasteiger partial charge >= 0.3 is 0 Å². The van der Waals surface area contributed by atoms with Gasteiger partial charge in [-0.1, -0.05) is 36.4 Å². The number of ether oxygens (including phenoxy) is 1. The van der Waals surface area contributed by atoms with E-state index in [4.69, 9.17) is 4.74 Å². The lowest BCUT2D eigenvalue weighted by atomic mass is 9.99. The van der Waals surface area contributed by atoms with E-state index in [1.807, 2.05) is 76.2 Å². The molecule has 0 aromatic heterocycles. The fourth-order valence-corrected chi connectivity index (χ4v) is 3.11. The monoisotopic (exact) mass is 378 g/mol. The zero-order valence-electron chi connectivity index (χ0n) is 16.8. The van der Waals surface area contributed by atoms with Crippen molar-refractivity contribution in [2.24, 2.45) is 0 Å². The number of amides is 2. The SMILES string of the molecule is Cc1ccc(C2=C(Nc3ccccc3)C(=O)N(CCOC(C)C)C2=O)cc1C. The molecule has 0 radical (unpaired) electrons. The highest BCUT2D eigenvalue weighted by atomic mass is 16.5. The van der Waals surface area contributed by atoms with Crippen LogP contribution in [-0.4, -0.2) is 36.0 Å². The first-order valence-electron chi connectivity index (χ1n) is 9.50. The van der Waals surface area contributed by atoms with Crippen LogP contribution < -0.4 is 5.32 Å². The molecule has 0 spiro atoms. The van der Waals surface area contributed by atoms with Gasteiger partial charge in [0.25, 0.3) is 11.8 Å². The number of carbonyl (C=O) groups is 2. The molecule has 146 valence electrons. The molecule has 0 aliphatic carbocycles. The van der Waals surface area contributed by atoms with E-state index in [1.165, 1.54) is 4.90 Å². The quantitative estimate of drug-likeness (QED) is 0.742. The number of imide groups is 1. The average molecular weight is 378 g/mol. The molecule has 1 N–H and O–H groups in total. The van der Waals surface area contributed by atoms with Gasteiger partial charge in [0.15, 0.2) is 0 Å². The van der Waals surface area contributed by atoms with Crippen LogP contribution in [0, 0.1) is 13.8 Å². The van der Waals surface area contributed by atoms with Gasteiger partial charge in [-0.2, -0.15) is 0 Å². The van der Waals surface area contributed by atoms with Gasteiger partial charge in [0.2, 0.25) is 0 Å². The third kappa shape index (κ3) is 4.15. The molecule has 0 fully saturated rings. The molecule has 0 saturated carbocycles. The summed E-state index contributed by atoms with van der Waals surface area (Å²) in [6.45, 7) is 8.41. The number of nitrogens with zero attached hydrogens (tertiary/aromatic N) is 1. The van der Waals surface area contributed by atoms with Gasteiger partial charge in [0.1, 0.15) is 5.70 Å². The van der Waals surface area contributed by atoms with Gasteiger partial charge in [0, 0.05) is 5.69 Å². The van der Waals surface area contributed by atoms with Crippen molar-refractivity contribution in [2.75, 3.05) is 18.5 Å². The predicted molar refractivity (Wildman–Crippen MR) is 111 cm³/mol. The molecule has 3 rings (SSSR count). The van der Waals surface area contributed by atoms with Gasteiger partial charge in [-0.15, -0.1) is 0 Å². The Kier molecular flexibility index (Phi) is 5.95. The lowest BCUT2D eigenvalue weighted by Gasteiger charge is -2.16. The van der Waals surface area contributed by atoms with Crippen molar-refractivity contribution in [3.8, 4) is 0 Å². The lowest BCUT2D eigenvalue weighted by molar-refractivity contribution is -0.137. The second-order valence-corrected chi connectivity index (χ2v) is 7.22. The molecule has 2 aromatic carbocycles. The Bertz CT molecular complexity index is 917. The van der Waals surface area contributed by atoms with Crippen LogP contribution in [0.5, 0.6) is 0 Å². The van der Waals surface area contributed by atoms with Crippen molar-refractivity contribution in [3.63, 3.8) is 0 Å². The molecule has 0 unspecified atom stereocenters. The van der Waals surface area contributed by atoms with Crippen LogP contribution in [0.1, 0.15) is 30.5 Å². The maximum Gasteiger partial charge on any atom is 0.278 e. The van der Waals surface area contributed by atoms with Crippen molar-refractivity contribution >= 4 is 23.1 Å². The highest BCUT2D eigenvalue weighted by Gasteiger charge is 2.39. The summed E-state index contributed by atoms with van der Waals surface area (Å²) in [7, 11) is 0. The Labute approximate surface area is 166 Å². The van der Waals surface area contributed by atoms with E-state index in [9.17, 15) is 9.59 Å². The number of nitrogens with one attached hydrogen (secondary N) is 1. The molecule has 1 aliphatic rings. The zero-order chi connectivity index (χ0) is 20.3. The molecule has 5 heteroatoms. The molecule has 2 aromatic rings. The van der Waals surface area contributed by atoms with Gasteiger partial charge in [0.05, 0.1) is 24.8 Å². The number of anilines is 1. The largest absolute Gasteiger partial charge is 0.377 e. The van der Waals surface area contributed by atoms with E-state index < -0.39 is 0 Å². The first kappa shape index (κ1) is 19.8. The van der Waals surface area contributed by atoms with Crippen LogP contribution in [0.4, 0.5) is 5.69 Å². The summed E-state index contributed by atoms with van der Waals surface area (Å²) in [5, 5.41) is 3.16. The molecular formula is C23H26N2O3. The minimum Gasteiger partial charge on any atom is -0.377 e. The van der Waals surface area contributed by atoms with E-state index in [0.717, 1.165) is 22.4 Å². The van der Waals surface area contributed by atoms with Crippen LogP contribution in [-0.2, 0) is 14.3 Å². The number of aryl methyl sites for hydroxylation is 2. The van der Waals surface area contributed by atoms with Crippen LogP contribution >= 0.6 is 0 Å². The average Bonchev–Trinajstić information content (AvgIpc) is 2.89. The molecule has 0 saturated heterocycles. The summed E-state index contributed by atoms with van der Waals surface area (Å²) in [6, 6.07) is 15.2. The van der Waals surface area contributed by atoms with E-state index >= 15 is 0 Å². The number of hydrogen-bond acceptors (Lipinski definition) is 4. The van der Waals surface area contributed by atoms with Crippen LogP contribution in [0.2, 0.25) is 0 Å². The molecular weight excluding hydrogens is 352 g/mol. The van der Waals surface area contributed by atoms with Crippen LogP contribution in [0.3, 0.4) is 0 Å². The van der Waals surface area contributed by atoms with Gasteiger partial charge in [-0.05, 0) is 56.5 Å². The molecule has 0 atom stereocenters. The number of carbonyl (C=O) groups excluding carboxylic acids is 2. The van der Waals surface area contributed by atoms with Crippen LogP contribution in [0.25, 0.3) is 5.57 Å². The van der Waals surface area contributed by atoms with Gasteiger partial charge in [-0.3, -0.25) is 14.5 Å². The normalized spacial score (nSPS) is 14.4. The Morgan fingerprint density at radius 1 is 0.964 bits per heavy atom. The van der Waals surface area contributed by atoms with E-state index in [-0.39, 0.29) is 24.5 Å².